The van der Waals surface area contributed by atoms with Gasteiger partial charge in [-0.3, -0.25) is 4.79 Å². The summed E-state index contributed by atoms with van der Waals surface area (Å²) in [5.74, 6) is 0.241. The maximum Gasteiger partial charge on any atom is 0.243 e. The Balaban J connectivity index is 2.11. The Kier molecular flexibility index (Phi) is 5.05. The average molecular weight is 337 g/mol. The highest BCUT2D eigenvalue weighted by Gasteiger charge is 2.25. The van der Waals surface area contributed by atoms with Gasteiger partial charge in [-0.1, -0.05) is 35.5 Å². The fourth-order valence-corrected chi connectivity index (χ4v) is 2.80. The lowest BCUT2D eigenvalue weighted by molar-refractivity contribution is -0.128. The summed E-state index contributed by atoms with van der Waals surface area (Å²) in [7, 11) is -2.01. The summed E-state index contributed by atoms with van der Waals surface area (Å²) in [4.78, 5) is 13.8. The number of hydrogen-bond donors (Lipinski definition) is 0. The molecule has 0 atom stereocenters. The van der Waals surface area contributed by atoms with E-state index in [-0.39, 0.29) is 18.3 Å². The smallest absolute Gasteiger partial charge is 0.243 e. The minimum Gasteiger partial charge on any atom is -0.360 e. The second-order valence-corrected chi connectivity index (χ2v) is 7.21. The number of anilines is 1. The first-order valence-corrected chi connectivity index (χ1v) is 8.81. The second kappa shape index (κ2) is 6.82. The van der Waals surface area contributed by atoms with Crippen LogP contribution in [0.5, 0.6) is 0 Å². The molecule has 0 aliphatic heterocycles. The van der Waals surface area contributed by atoms with Gasteiger partial charge in [-0.05, 0) is 12.5 Å². The Hall–Kier alpha value is -2.35. The second-order valence-electron chi connectivity index (χ2n) is 5.30. The number of aromatic nitrogens is 1. The van der Waals surface area contributed by atoms with Crippen LogP contribution in [0.25, 0.3) is 0 Å². The van der Waals surface area contributed by atoms with E-state index < -0.39 is 10.0 Å². The molecule has 23 heavy (non-hydrogen) atoms. The summed E-state index contributed by atoms with van der Waals surface area (Å²) in [6.45, 7) is 1.73. The predicted octanol–water partition coefficient (Wildman–Crippen LogP) is 1.41. The van der Waals surface area contributed by atoms with Gasteiger partial charge in [-0.25, -0.2) is 12.7 Å². The number of amides is 1. The van der Waals surface area contributed by atoms with E-state index in [2.05, 4.69) is 5.16 Å². The molecule has 1 amide bonds. The summed E-state index contributed by atoms with van der Waals surface area (Å²) in [5, 5.41) is 3.68. The summed E-state index contributed by atoms with van der Waals surface area (Å²) < 4.78 is 29.7. The van der Waals surface area contributed by atoms with Gasteiger partial charge in [-0.15, -0.1) is 0 Å². The number of sulfonamides is 1. The average Bonchev–Trinajstić information content (AvgIpc) is 2.90. The summed E-state index contributed by atoms with van der Waals surface area (Å²) >= 11 is 0. The monoisotopic (exact) mass is 337 g/mol. The Labute approximate surface area is 135 Å². The molecule has 7 nitrogen and oxygen atoms in total. The van der Waals surface area contributed by atoms with Crippen molar-refractivity contribution in [2.75, 3.05) is 24.2 Å². The number of rotatable bonds is 6. The number of likely N-dealkylation sites (N-methyl/N-ethyl adjacent to an activating group) is 1. The van der Waals surface area contributed by atoms with Crippen LogP contribution in [0.1, 0.15) is 11.3 Å². The van der Waals surface area contributed by atoms with E-state index in [0.717, 1.165) is 16.1 Å². The van der Waals surface area contributed by atoms with E-state index in [0.29, 0.717) is 12.3 Å². The number of hydrogen-bond acceptors (Lipinski definition) is 5. The van der Waals surface area contributed by atoms with Crippen molar-refractivity contribution in [3.05, 3.63) is 47.7 Å². The number of benzene rings is 1. The van der Waals surface area contributed by atoms with E-state index in [1.165, 1.54) is 11.0 Å². The molecule has 0 unspecified atom stereocenters. The van der Waals surface area contributed by atoms with E-state index in [1.54, 1.807) is 14.0 Å². The molecule has 8 heteroatoms. The van der Waals surface area contributed by atoms with E-state index in [4.69, 9.17) is 4.52 Å². The fourth-order valence-electron chi connectivity index (χ4n) is 2.03. The molecule has 0 aliphatic carbocycles. The Morgan fingerprint density at radius 2 is 1.91 bits per heavy atom. The highest BCUT2D eigenvalue weighted by atomic mass is 32.2. The molecular weight excluding hydrogens is 318 g/mol. The van der Waals surface area contributed by atoms with Crippen molar-refractivity contribution < 1.29 is 17.7 Å². The van der Waals surface area contributed by atoms with Crippen molar-refractivity contribution in [2.45, 2.75) is 13.5 Å². The minimum absolute atomic E-state index is 0.103. The molecule has 1 aromatic carbocycles. The SMILES string of the molecule is Cc1cc(N(CC(=O)N(C)Cc2ccccc2)S(C)(=O)=O)no1. The molecule has 1 aromatic heterocycles. The highest BCUT2D eigenvalue weighted by molar-refractivity contribution is 7.92. The van der Waals surface area contributed by atoms with Crippen LogP contribution >= 0.6 is 0 Å². The fraction of sp³-hybridized carbons (Fsp3) is 0.333. The highest BCUT2D eigenvalue weighted by Crippen LogP contribution is 2.17. The quantitative estimate of drug-likeness (QED) is 0.796. The van der Waals surface area contributed by atoms with Crippen LogP contribution in [0.15, 0.2) is 40.9 Å². The summed E-state index contributed by atoms with van der Waals surface area (Å²) in [6, 6.07) is 10.9. The first-order chi connectivity index (χ1) is 10.8. The molecular formula is C15H19N3O4S. The van der Waals surface area contributed by atoms with Crippen LogP contribution in [0, 0.1) is 6.92 Å². The number of carbonyl (C=O) groups excluding carboxylic acids is 1. The van der Waals surface area contributed by atoms with Crippen LogP contribution < -0.4 is 4.31 Å². The summed E-state index contributed by atoms with van der Waals surface area (Å²) in [5.41, 5.74) is 0.964. The van der Waals surface area contributed by atoms with E-state index >= 15 is 0 Å². The van der Waals surface area contributed by atoms with Crippen LogP contribution in [-0.4, -0.2) is 44.2 Å². The van der Waals surface area contributed by atoms with Crippen molar-refractivity contribution in [3.8, 4) is 0 Å². The van der Waals surface area contributed by atoms with Crippen molar-refractivity contribution in [1.82, 2.24) is 10.1 Å². The van der Waals surface area contributed by atoms with Gasteiger partial charge in [0, 0.05) is 19.7 Å². The molecule has 1 heterocycles. The van der Waals surface area contributed by atoms with Crippen molar-refractivity contribution in [2.24, 2.45) is 0 Å². The first kappa shape index (κ1) is 17.0. The van der Waals surface area contributed by atoms with Crippen molar-refractivity contribution in [3.63, 3.8) is 0 Å². The van der Waals surface area contributed by atoms with E-state index in [1.807, 2.05) is 30.3 Å². The molecule has 0 aliphatic rings. The third-order valence-corrected chi connectivity index (χ3v) is 4.36. The number of carbonyl (C=O) groups is 1. The van der Waals surface area contributed by atoms with Crippen LogP contribution in [0.3, 0.4) is 0 Å². The van der Waals surface area contributed by atoms with Gasteiger partial charge in [0.1, 0.15) is 12.3 Å². The molecule has 0 saturated heterocycles. The zero-order valence-electron chi connectivity index (χ0n) is 13.3. The van der Waals surface area contributed by atoms with Gasteiger partial charge in [0.05, 0.1) is 6.26 Å². The van der Waals surface area contributed by atoms with Gasteiger partial charge in [0.15, 0.2) is 5.82 Å². The maximum absolute atomic E-state index is 12.3. The lowest BCUT2D eigenvalue weighted by atomic mass is 10.2. The standard InChI is InChI=1S/C15H19N3O4S/c1-12-9-14(16-22-12)18(23(3,20)21)11-15(19)17(2)10-13-7-5-4-6-8-13/h4-9H,10-11H2,1-3H3. The minimum atomic E-state index is -3.64. The maximum atomic E-state index is 12.3. The van der Waals surface area contributed by atoms with Gasteiger partial charge >= 0.3 is 0 Å². The normalized spacial score (nSPS) is 11.3. The van der Waals surface area contributed by atoms with Gasteiger partial charge in [0.2, 0.25) is 15.9 Å². The zero-order chi connectivity index (χ0) is 17.0. The molecule has 0 saturated carbocycles. The molecule has 0 bridgehead atoms. The molecule has 0 radical (unpaired) electrons. The topological polar surface area (TPSA) is 83.7 Å². The van der Waals surface area contributed by atoms with Crippen LogP contribution in [0.2, 0.25) is 0 Å². The molecule has 2 rings (SSSR count). The lowest BCUT2D eigenvalue weighted by Crippen LogP contribution is -2.41. The van der Waals surface area contributed by atoms with Crippen molar-refractivity contribution >= 4 is 21.7 Å². The Morgan fingerprint density at radius 1 is 1.26 bits per heavy atom. The van der Waals surface area contributed by atoms with E-state index in [9.17, 15) is 13.2 Å². The number of aryl methyl sites for hydroxylation is 1. The van der Waals surface area contributed by atoms with Crippen LogP contribution in [-0.2, 0) is 21.4 Å². The van der Waals surface area contributed by atoms with Gasteiger partial charge < -0.3 is 9.42 Å². The van der Waals surface area contributed by atoms with Crippen molar-refractivity contribution in [1.29, 1.82) is 0 Å². The number of nitrogens with zero attached hydrogens (tertiary/aromatic N) is 3. The third kappa shape index (κ3) is 4.56. The molecule has 2 aromatic rings. The predicted molar refractivity (Wildman–Crippen MR) is 86.3 cm³/mol. The molecule has 0 fully saturated rings. The van der Waals surface area contributed by atoms with Crippen LogP contribution in [0.4, 0.5) is 5.82 Å². The molecule has 124 valence electrons. The van der Waals surface area contributed by atoms with Gasteiger partial charge in [0.25, 0.3) is 0 Å². The summed E-state index contributed by atoms with van der Waals surface area (Å²) in [6.07, 6.45) is 1.03. The lowest BCUT2D eigenvalue weighted by Gasteiger charge is -2.23. The third-order valence-electron chi connectivity index (χ3n) is 3.24. The first-order valence-electron chi connectivity index (χ1n) is 6.96. The zero-order valence-corrected chi connectivity index (χ0v) is 14.1. The van der Waals surface area contributed by atoms with Gasteiger partial charge in [-0.2, -0.15) is 0 Å². The molecule has 0 N–H and O–H groups in total. The Bertz CT molecular complexity index is 771. The molecule has 0 spiro atoms. The largest absolute Gasteiger partial charge is 0.360 e. The Morgan fingerprint density at radius 3 is 2.43 bits per heavy atom.